The van der Waals surface area contributed by atoms with Crippen molar-refractivity contribution in [2.75, 3.05) is 10.7 Å². The number of nitrogens with one attached hydrogen (secondary N) is 2. The Morgan fingerprint density at radius 3 is 2.79 bits per heavy atom. The zero-order valence-corrected chi connectivity index (χ0v) is 10.0. The molecular weight excluding hydrogens is 252 g/mol. The van der Waals surface area contributed by atoms with Crippen LogP contribution in [0.2, 0.25) is 0 Å². The van der Waals surface area contributed by atoms with E-state index in [1.54, 1.807) is 19.1 Å². The van der Waals surface area contributed by atoms with Gasteiger partial charge in [0.05, 0.1) is 17.2 Å². The van der Waals surface area contributed by atoms with E-state index < -0.39 is 4.92 Å². The lowest BCUT2D eigenvalue weighted by molar-refractivity contribution is -0.383. The summed E-state index contributed by atoms with van der Waals surface area (Å²) in [4.78, 5) is 18.0. The van der Waals surface area contributed by atoms with Gasteiger partial charge in [-0.15, -0.1) is 0 Å². The first-order valence-electron chi connectivity index (χ1n) is 5.39. The Morgan fingerprint density at radius 1 is 1.47 bits per heavy atom. The smallest absolute Gasteiger partial charge is 0.354 e. The van der Waals surface area contributed by atoms with E-state index >= 15 is 0 Å². The molecular formula is C10H12N6O3. The molecule has 1 atom stereocenters. The van der Waals surface area contributed by atoms with Crippen LogP contribution in [-0.2, 0) is 0 Å². The van der Waals surface area contributed by atoms with E-state index in [9.17, 15) is 10.1 Å². The number of furan rings is 1. The number of nitrogens with two attached hydrogens (primary N) is 1. The van der Waals surface area contributed by atoms with E-state index in [0.717, 1.165) is 0 Å². The van der Waals surface area contributed by atoms with Gasteiger partial charge in [-0.1, -0.05) is 0 Å². The molecule has 0 spiro atoms. The Bertz CT molecular complexity index is 571. The molecule has 0 aromatic carbocycles. The highest BCUT2D eigenvalue weighted by molar-refractivity contribution is 5.69. The van der Waals surface area contributed by atoms with Gasteiger partial charge in [0.15, 0.2) is 0 Å². The minimum absolute atomic E-state index is 0.0610. The van der Waals surface area contributed by atoms with Crippen LogP contribution in [0.3, 0.4) is 0 Å². The van der Waals surface area contributed by atoms with Crippen LogP contribution < -0.4 is 16.6 Å². The molecule has 0 amide bonds. The molecule has 19 heavy (non-hydrogen) atoms. The van der Waals surface area contributed by atoms with Crippen molar-refractivity contribution >= 4 is 17.3 Å². The molecule has 0 bridgehead atoms. The maximum absolute atomic E-state index is 11.0. The van der Waals surface area contributed by atoms with Gasteiger partial charge in [0.2, 0.25) is 11.6 Å². The van der Waals surface area contributed by atoms with Crippen LogP contribution in [0.5, 0.6) is 0 Å². The van der Waals surface area contributed by atoms with Gasteiger partial charge in [0, 0.05) is 0 Å². The van der Waals surface area contributed by atoms with Crippen molar-refractivity contribution in [3.8, 4) is 0 Å². The van der Waals surface area contributed by atoms with Gasteiger partial charge in [-0.05, 0) is 19.1 Å². The third-order valence-corrected chi connectivity index (χ3v) is 2.46. The van der Waals surface area contributed by atoms with E-state index in [-0.39, 0.29) is 23.4 Å². The maximum Gasteiger partial charge on any atom is 0.354 e. The van der Waals surface area contributed by atoms with Gasteiger partial charge in [-0.25, -0.2) is 15.8 Å². The number of nitro groups is 1. The summed E-state index contributed by atoms with van der Waals surface area (Å²) >= 11 is 0. The lowest BCUT2D eigenvalue weighted by Gasteiger charge is -2.12. The van der Waals surface area contributed by atoms with Gasteiger partial charge >= 0.3 is 5.69 Å². The Labute approximate surface area is 108 Å². The van der Waals surface area contributed by atoms with E-state index in [1.807, 2.05) is 0 Å². The second-order valence-electron chi connectivity index (χ2n) is 3.70. The summed E-state index contributed by atoms with van der Waals surface area (Å²) in [5, 5.41) is 13.9. The summed E-state index contributed by atoms with van der Waals surface area (Å²) < 4.78 is 5.21. The van der Waals surface area contributed by atoms with Crippen molar-refractivity contribution in [2.45, 2.75) is 13.0 Å². The summed E-state index contributed by atoms with van der Waals surface area (Å²) in [6, 6.07) is 3.20. The number of hydrazine groups is 1. The fourth-order valence-corrected chi connectivity index (χ4v) is 1.58. The zero-order valence-electron chi connectivity index (χ0n) is 10.0. The van der Waals surface area contributed by atoms with Crippen LogP contribution in [0.25, 0.3) is 0 Å². The highest BCUT2D eigenvalue weighted by Crippen LogP contribution is 2.30. The first kappa shape index (κ1) is 12.8. The fraction of sp³-hybridized carbons (Fsp3) is 0.200. The SMILES string of the molecule is CC(Nc1ncnc(NN)c1[N+](=O)[O-])c1ccco1. The number of hydrogen-bond acceptors (Lipinski definition) is 8. The van der Waals surface area contributed by atoms with Crippen molar-refractivity contribution in [2.24, 2.45) is 5.84 Å². The lowest BCUT2D eigenvalue weighted by atomic mass is 10.2. The molecule has 0 saturated carbocycles. The quantitative estimate of drug-likeness (QED) is 0.419. The number of nitrogens with zero attached hydrogens (tertiary/aromatic N) is 3. The van der Waals surface area contributed by atoms with Crippen LogP contribution in [0, 0.1) is 10.1 Å². The van der Waals surface area contributed by atoms with Crippen molar-refractivity contribution < 1.29 is 9.34 Å². The van der Waals surface area contributed by atoms with E-state index in [4.69, 9.17) is 10.3 Å². The summed E-state index contributed by atoms with van der Waals surface area (Å²) in [5.74, 6) is 5.83. The standard InChI is InChI=1S/C10H12N6O3/c1-6(7-3-2-4-19-7)14-9-8(16(17)18)10(15-11)13-5-12-9/h2-6H,11H2,1H3,(H2,12,13,14,15). The Kier molecular flexibility index (Phi) is 3.57. The van der Waals surface area contributed by atoms with Crippen molar-refractivity contribution in [1.29, 1.82) is 0 Å². The fourth-order valence-electron chi connectivity index (χ4n) is 1.58. The normalized spacial score (nSPS) is 11.9. The predicted octanol–water partition coefficient (Wildman–Crippen LogP) is 1.44. The molecule has 0 radical (unpaired) electrons. The molecule has 0 saturated heterocycles. The monoisotopic (exact) mass is 264 g/mol. The molecule has 9 nitrogen and oxygen atoms in total. The van der Waals surface area contributed by atoms with E-state index in [0.29, 0.717) is 5.76 Å². The van der Waals surface area contributed by atoms with Crippen LogP contribution in [0.1, 0.15) is 18.7 Å². The number of anilines is 2. The minimum atomic E-state index is -0.605. The summed E-state index contributed by atoms with van der Waals surface area (Å²) in [6.07, 6.45) is 2.70. The maximum atomic E-state index is 11.0. The highest BCUT2D eigenvalue weighted by atomic mass is 16.6. The minimum Gasteiger partial charge on any atom is -0.467 e. The predicted molar refractivity (Wildman–Crippen MR) is 67.2 cm³/mol. The molecule has 2 aromatic heterocycles. The molecule has 2 rings (SSSR count). The number of nitrogen functional groups attached to an aromatic ring is 1. The molecule has 4 N–H and O–H groups in total. The molecule has 2 aromatic rings. The first-order chi connectivity index (χ1) is 9.13. The number of rotatable bonds is 5. The van der Waals surface area contributed by atoms with Crippen LogP contribution >= 0.6 is 0 Å². The summed E-state index contributed by atoms with van der Waals surface area (Å²) in [7, 11) is 0. The molecule has 0 fully saturated rings. The van der Waals surface area contributed by atoms with Crippen molar-refractivity contribution in [1.82, 2.24) is 9.97 Å². The second kappa shape index (κ2) is 5.31. The summed E-state index contributed by atoms with van der Waals surface area (Å²) in [5.41, 5.74) is 1.85. The lowest BCUT2D eigenvalue weighted by Crippen LogP contribution is -2.15. The number of aromatic nitrogens is 2. The molecule has 0 aliphatic heterocycles. The third-order valence-electron chi connectivity index (χ3n) is 2.46. The second-order valence-corrected chi connectivity index (χ2v) is 3.70. The Balaban J connectivity index is 2.32. The molecule has 0 aliphatic carbocycles. The molecule has 100 valence electrons. The Morgan fingerprint density at radius 2 is 2.21 bits per heavy atom. The molecule has 9 heteroatoms. The molecule has 0 aliphatic rings. The van der Waals surface area contributed by atoms with Crippen LogP contribution in [-0.4, -0.2) is 14.9 Å². The van der Waals surface area contributed by atoms with Gasteiger partial charge in [0.1, 0.15) is 12.1 Å². The highest BCUT2D eigenvalue weighted by Gasteiger charge is 2.24. The number of hydrogen-bond donors (Lipinski definition) is 3. The van der Waals surface area contributed by atoms with Gasteiger partial charge in [0.25, 0.3) is 0 Å². The van der Waals surface area contributed by atoms with Gasteiger partial charge < -0.3 is 15.2 Å². The molecule has 1 unspecified atom stereocenters. The van der Waals surface area contributed by atoms with E-state index in [2.05, 4.69) is 20.7 Å². The molecule has 2 heterocycles. The average Bonchev–Trinajstić information content (AvgIpc) is 2.92. The van der Waals surface area contributed by atoms with Crippen LogP contribution in [0.4, 0.5) is 17.3 Å². The Hall–Kier alpha value is -2.68. The topological polar surface area (TPSA) is 132 Å². The van der Waals surface area contributed by atoms with Gasteiger partial charge in [-0.3, -0.25) is 10.1 Å². The first-order valence-corrected chi connectivity index (χ1v) is 5.39. The third kappa shape index (κ3) is 2.60. The largest absolute Gasteiger partial charge is 0.467 e. The van der Waals surface area contributed by atoms with Crippen molar-refractivity contribution in [3.05, 3.63) is 40.6 Å². The van der Waals surface area contributed by atoms with Crippen molar-refractivity contribution in [3.63, 3.8) is 0 Å². The average molecular weight is 264 g/mol. The zero-order chi connectivity index (χ0) is 13.8. The van der Waals surface area contributed by atoms with Gasteiger partial charge in [-0.2, -0.15) is 0 Å². The van der Waals surface area contributed by atoms with Crippen LogP contribution in [0.15, 0.2) is 29.1 Å². The van der Waals surface area contributed by atoms with E-state index in [1.165, 1.54) is 12.6 Å². The summed E-state index contributed by atoms with van der Waals surface area (Å²) in [6.45, 7) is 1.79.